The van der Waals surface area contributed by atoms with Crippen LogP contribution in [0.15, 0.2) is 30.6 Å². The van der Waals surface area contributed by atoms with Crippen molar-refractivity contribution in [1.82, 2.24) is 9.97 Å². The molecule has 1 aromatic carbocycles. The smallest absolute Gasteiger partial charge is 0.275 e. The van der Waals surface area contributed by atoms with E-state index in [4.69, 9.17) is 17.4 Å². The van der Waals surface area contributed by atoms with Gasteiger partial charge < -0.3 is 10.7 Å². The first-order valence-corrected chi connectivity index (χ1v) is 5.53. The molecular weight excluding hydrogens is 273 g/mol. The van der Waals surface area contributed by atoms with Gasteiger partial charge in [-0.05, 0) is 18.2 Å². The lowest BCUT2D eigenvalue weighted by molar-refractivity contribution is 0.102. The van der Waals surface area contributed by atoms with Gasteiger partial charge >= 0.3 is 0 Å². The van der Waals surface area contributed by atoms with Crippen molar-refractivity contribution in [1.29, 1.82) is 0 Å². The van der Waals surface area contributed by atoms with Crippen LogP contribution in [-0.4, -0.2) is 15.9 Å². The molecule has 0 aliphatic carbocycles. The predicted octanol–water partition coefficient (Wildman–Crippen LogP) is 1.81. The number of carbonyl (C=O) groups excluding carboxylic acids is 1. The van der Waals surface area contributed by atoms with Crippen LogP contribution < -0.4 is 16.6 Å². The van der Waals surface area contributed by atoms with E-state index in [0.29, 0.717) is 0 Å². The van der Waals surface area contributed by atoms with E-state index in [0.717, 1.165) is 6.07 Å². The van der Waals surface area contributed by atoms with Crippen LogP contribution in [-0.2, 0) is 0 Å². The maximum absolute atomic E-state index is 13.2. The molecule has 6 nitrogen and oxygen atoms in total. The Morgan fingerprint density at radius 2 is 2.16 bits per heavy atom. The highest BCUT2D eigenvalue weighted by molar-refractivity contribution is 6.30. The van der Waals surface area contributed by atoms with E-state index in [2.05, 4.69) is 20.7 Å². The van der Waals surface area contributed by atoms with Gasteiger partial charge in [0.25, 0.3) is 5.91 Å². The Bertz CT molecular complexity index is 622. The number of hydrogen-bond donors (Lipinski definition) is 3. The van der Waals surface area contributed by atoms with Gasteiger partial charge in [0.15, 0.2) is 5.82 Å². The summed E-state index contributed by atoms with van der Waals surface area (Å²) in [6, 6.07) is 3.93. The highest BCUT2D eigenvalue weighted by atomic mass is 35.5. The minimum Gasteiger partial charge on any atom is -0.320 e. The number of benzene rings is 1. The zero-order valence-corrected chi connectivity index (χ0v) is 10.3. The number of nitrogens with two attached hydrogens (primary N) is 1. The van der Waals surface area contributed by atoms with Crippen LogP contribution in [0.3, 0.4) is 0 Å². The minimum absolute atomic E-state index is 0.0212. The molecule has 0 aliphatic rings. The third-order valence-electron chi connectivity index (χ3n) is 2.19. The van der Waals surface area contributed by atoms with E-state index in [1.54, 1.807) is 0 Å². The van der Waals surface area contributed by atoms with Gasteiger partial charge in [-0.15, -0.1) is 0 Å². The number of hydrogen-bond acceptors (Lipinski definition) is 5. The van der Waals surface area contributed by atoms with Crippen molar-refractivity contribution in [3.8, 4) is 0 Å². The third kappa shape index (κ3) is 3.15. The van der Waals surface area contributed by atoms with Gasteiger partial charge in [0, 0.05) is 5.69 Å². The Morgan fingerprint density at radius 3 is 2.84 bits per heavy atom. The topological polar surface area (TPSA) is 92.9 Å². The number of nitrogen functional groups attached to an aromatic ring is 1. The average Bonchev–Trinajstić information content (AvgIpc) is 2.43. The Kier molecular flexibility index (Phi) is 3.88. The second kappa shape index (κ2) is 5.59. The minimum atomic E-state index is -0.622. The molecule has 0 aliphatic heterocycles. The number of nitrogens with zero attached hydrogens (tertiary/aromatic N) is 2. The predicted molar refractivity (Wildman–Crippen MR) is 69.2 cm³/mol. The van der Waals surface area contributed by atoms with E-state index in [-0.39, 0.29) is 22.2 Å². The molecule has 0 spiro atoms. The molecular formula is C11H9ClFN5O. The fraction of sp³-hybridized carbons (Fsp3) is 0. The second-order valence-electron chi connectivity index (χ2n) is 3.52. The summed E-state index contributed by atoms with van der Waals surface area (Å²) in [6.45, 7) is 0. The van der Waals surface area contributed by atoms with E-state index in [9.17, 15) is 9.18 Å². The van der Waals surface area contributed by atoms with Crippen LogP contribution in [0.4, 0.5) is 15.9 Å². The standard InChI is InChI=1S/C11H9ClFN5O/c12-7-2-1-6(3-8(7)13)16-11(19)9-4-15-5-10(17-9)18-14/h1-5H,14H2,(H,16,19)(H,17,18). The highest BCUT2D eigenvalue weighted by Gasteiger charge is 2.10. The van der Waals surface area contributed by atoms with Crippen LogP contribution in [0, 0.1) is 5.82 Å². The zero-order valence-electron chi connectivity index (χ0n) is 9.52. The van der Waals surface area contributed by atoms with Crippen molar-refractivity contribution in [2.45, 2.75) is 0 Å². The van der Waals surface area contributed by atoms with Crippen molar-refractivity contribution >= 4 is 29.0 Å². The summed E-state index contributed by atoms with van der Waals surface area (Å²) in [6.07, 6.45) is 2.63. The van der Waals surface area contributed by atoms with Gasteiger partial charge in [0.1, 0.15) is 11.5 Å². The first-order chi connectivity index (χ1) is 9.10. The largest absolute Gasteiger partial charge is 0.320 e. The van der Waals surface area contributed by atoms with Gasteiger partial charge in [-0.25, -0.2) is 15.2 Å². The molecule has 0 bridgehead atoms. The van der Waals surface area contributed by atoms with E-state index in [1.807, 2.05) is 0 Å². The lowest BCUT2D eigenvalue weighted by Crippen LogP contribution is -2.16. The normalized spacial score (nSPS) is 10.1. The summed E-state index contributed by atoms with van der Waals surface area (Å²) in [7, 11) is 0. The molecule has 0 radical (unpaired) electrons. The first-order valence-electron chi connectivity index (χ1n) is 5.15. The average molecular weight is 282 g/mol. The van der Waals surface area contributed by atoms with Crippen LogP contribution in [0.2, 0.25) is 5.02 Å². The van der Waals surface area contributed by atoms with Crippen LogP contribution in [0.25, 0.3) is 0 Å². The molecule has 19 heavy (non-hydrogen) atoms. The van der Waals surface area contributed by atoms with E-state index < -0.39 is 11.7 Å². The molecule has 8 heteroatoms. The van der Waals surface area contributed by atoms with Crippen molar-refractivity contribution in [3.63, 3.8) is 0 Å². The van der Waals surface area contributed by atoms with Crippen LogP contribution in [0.5, 0.6) is 0 Å². The highest BCUT2D eigenvalue weighted by Crippen LogP contribution is 2.19. The number of amides is 1. The summed E-state index contributed by atoms with van der Waals surface area (Å²) >= 11 is 5.54. The lowest BCUT2D eigenvalue weighted by Gasteiger charge is -2.06. The molecule has 2 rings (SSSR count). The molecule has 0 fully saturated rings. The monoisotopic (exact) mass is 281 g/mol. The van der Waals surface area contributed by atoms with Gasteiger partial charge in [-0.1, -0.05) is 11.6 Å². The third-order valence-corrected chi connectivity index (χ3v) is 2.50. The number of carbonyl (C=O) groups is 1. The summed E-state index contributed by atoms with van der Waals surface area (Å²) in [5, 5.41) is 2.45. The number of halogens is 2. The van der Waals surface area contributed by atoms with E-state index in [1.165, 1.54) is 24.5 Å². The van der Waals surface area contributed by atoms with Crippen molar-refractivity contribution < 1.29 is 9.18 Å². The summed E-state index contributed by atoms with van der Waals surface area (Å²) in [4.78, 5) is 19.5. The molecule has 2 aromatic rings. The molecule has 98 valence electrons. The molecule has 0 atom stereocenters. The Morgan fingerprint density at radius 1 is 1.37 bits per heavy atom. The molecule has 4 N–H and O–H groups in total. The quantitative estimate of drug-likeness (QED) is 0.589. The van der Waals surface area contributed by atoms with Crippen molar-refractivity contribution in [2.24, 2.45) is 5.84 Å². The SMILES string of the molecule is NNc1cncc(C(=O)Nc2ccc(Cl)c(F)c2)n1. The number of nitrogens with one attached hydrogen (secondary N) is 2. The van der Waals surface area contributed by atoms with Crippen LogP contribution >= 0.6 is 11.6 Å². The van der Waals surface area contributed by atoms with Gasteiger partial charge in [0.05, 0.1) is 17.4 Å². The Balaban J connectivity index is 2.18. The number of aromatic nitrogens is 2. The molecule has 0 saturated carbocycles. The van der Waals surface area contributed by atoms with Gasteiger partial charge in [0.2, 0.25) is 0 Å². The fourth-order valence-electron chi connectivity index (χ4n) is 1.31. The lowest BCUT2D eigenvalue weighted by atomic mass is 10.3. The van der Waals surface area contributed by atoms with Gasteiger partial charge in [-0.3, -0.25) is 9.78 Å². The zero-order chi connectivity index (χ0) is 13.8. The Hall–Kier alpha value is -2.25. The number of rotatable bonds is 3. The summed E-state index contributed by atoms with van der Waals surface area (Å²) in [5.41, 5.74) is 2.58. The van der Waals surface area contributed by atoms with Crippen LogP contribution in [0.1, 0.15) is 10.5 Å². The van der Waals surface area contributed by atoms with Gasteiger partial charge in [-0.2, -0.15) is 0 Å². The molecule has 1 heterocycles. The molecule has 0 unspecified atom stereocenters. The maximum atomic E-state index is 13.2. The molecule has 0 saturated heterocycles. The van der Waals surface area contributed by atoms with E-state index >= 15 is 0 Å². The number of anilines is 2. The summed E-state index contributed by atoms with van der Waals surface area (Å²) < 4.78 is 13.2. The fourth-order valence-corrected chi connectivity index (χ4v) is 1.43. The van der Waals surface area contributed by atoms with Crippen molar-refractivity contribution in [2.75, 3.05) is 10.7 Å². The number of hydrazine groups is 1. The first kappa shape index (κ1) is 13.2. The molecule has 1 aromatic heterocycles. The van der Waals surface area contributed by atoms with Crippen molar-refractivity contribution in [3.05, 3.63) is 47.1 Å². The second-order valence-corrected chi connectivity index (χ2v) is 3.92. The summed E-state index contributed by atoms with van der Waals surface area (Å²) in [5.74, 6) is 4.25. The Labute approximate surface area is 112 Å². The maximum Gasteiger partial charge on any atom is 0.275 e. The molecule has 1 amide bonds.